The Kier molecular flexibility index (Phi) is 6.06. The van der Waals surface area contributed by atoms with E-state index in [1.54, 1.807) is 18.2 Å². The van der Waals surface area contributed by atoms with Gasteiger partial charge in [-0.25, -0.2) is 4.79 Å². The fraction of sp³-hybridized carbons (Fsp3) is 0.200. The fourth-order valence-electron chi connectivity index (χ4n) is 3.19. The number of carbonyl (C=O) groups is 2. The van der Waals surface area contributed by atoms with Gasteiger partial charge in [0, 0.05) is 15.7 Å². The third-order valence-corrected chi connectivity index (χ3v) is 4.99. The molecule has 0 bridgehead atoms. The van der Waals surface area contributed by atoms with Crippen molar-refractivity contribution >= 4 is 33.6 Å². The van der Waals surface area contributed by atoms with Crippen LogP contribution < -0.4 is 20.7 Å². The number of rotatable bonds is 4. The molecule has 2 aromatic rings. The molecule has 10 heteroatoms. The van der Waals surface area contributed by atoms with E-state index < -0.39 is 29.7 Å². The van der Waals surface area contributed by atoms with Crippen LogP contribution in [0.3, 0.4) is 0 Å². The molecule has 3 amide bonds. The molecule has 0 unspecified atom stereocenters. The van der Waals surface area contributed by atoms with Crippen molar-refractivity contribution in [3.05, 3.63) is 69.3 Å². The van der Waals surface area contributed by atoms with Crippen LogP contribution >= 0.6 is 15.9 Å². The van der Waals surface area contributed by atoms with Crippen LogP contribution in [0.25, 0.3) is 0 Å². The van der Waals surface area contributed by atoms with Gasteiger partial charge in [-0.15, -0.1) is 0 Å². The maximum Gasteiger partial charge on any atom is 0.418 e. The Balaban J connectivity index is 2.05. The zero-order chi connectivity index (χ0) is 22.1. The van der Waals surface area contributed by atoms with E-state index in [1.165, 1.54) is 32.2 Å². The molecular formula is C20H17BrF3N3O3. The molecule has 2 aromatic carbocycles. The van der Waals surface area contributed by atoms with Crippen LogP contribution in [0.15, 0.2) is 58.2 Å². The molecule has 3 N–H and O–H groups in total. The molecule has 0 fully saturated rings. The summed E-state index contributed by atoms with van der Waals surface area (Å²) in [6.45, 7) is 1.50. The first kappa shape index (κ1) is 21.7. The van der Waals surface area contributed by atoms with Crippen molar-refractivity contribution in [2.45, 2.75) is 19.1 Å². The van der Waals surface area contributed by atoms with Crippen molar-refractivity contribution in [2.75, 3.05) is 12.4 Å². The van der Waals surface area contributed by atoms with Gasteiger partial charge in [0.15, 0.2) is 0 Å². The Morgan fingerprint density at radius 1 is 1.20 bits per heavy atom. The average Bonchev–Trinajstić information content (AvgIpc) is 2.66. The van der Waals surface area contributed by atoms with Crippen LogP contribution in [0.2, 0.25) is 0 Å². The third kappa shape index (κ3) is 4.43. The number of carbonyl (C=O) groups excluding carboxylic acids is 2. The third-order valence-electron chi connectivity index (χ3n) is 4.50. The monoisotopic (exact) mass is 483 g/mol. The van der Waals surface area contributed by atoms with E-state index in [0.29, 0.717) is 15.8 Å². The molecule has 6 nitrogen and oxygen atoms in total. The van der Waals surface area contributed by atoms with Gasteiger partial charge in [0.05, 0.1) is 30.0 Å². The second-order valence-electron chi connectivity index (χ2n) is 6.45. The molecule has 3 rings (SSSR count). The number of anilines is 1. The van der Waals surface area contributed by atoms with E-state index in [1.807, 2.05) is 0 Å². The van der Waals surface area contributed by atoms with E-state index in [-0.39, 0.29) is 17.0 Å². The summed E-state index contributed by atoms with van der Waals surface area (Å²) in [5.74, 6) is -0.386. The standard InChI is InChI=1S/C20H17BrF3N3O3/c1-10-16(18(28)26-14-6-4-3-5-13(14)20(22,23)24)17(27-19(29)25-10)12-9-11(21)7-8-15(12)30-2/h3-9,17H,1-2H3,(H,26,28)(H2,25,27,29)/t17-/m0/s1. The molecule has 1 aliphatic heterocycles. The highest BCUT2D eigenvalue weighted by molar-refractivity contribution is 9.10. The molecule has 0 radical (unpaired) electrons. The molecular weight excluding hydrogens is 467 g/mol. The summed E-state index contributed by atoms with van der Waals surface area (Å²) in [5, 5.41) is 7.44. The van der Waals surface area contributed by atoms with Crippen molar-refractivity contribution in [3.8, 4) is 5.75 Å². The number of allylic oxidation sites excluding steroid dienone is 1. The lowest BCUT2D eigenvalue weighted by Crippen LogP contribution is -2.46. The minimum atomic E-state index is -4.64. The first-order chi connectivity index (χ1) is 14.1. The van der Waals surface area contributed by atoms with Crippen molar-refractivity contribution in [2.24, 2.45) is 0 Å². The summed E-state index contributed by atoms with van der Waals surface area (Å²) in [5.41, 5.74) is -0.612. The van der Waals surface area contributed by atoms with Crippen molar-refractivity contribution in [1.82, 2.24) is 10.6 Å². The minimum absolute atomic E-state index is 0.0583. The maximum atomic E-state index is 13.3. The quantitative estimate of drug-likeness (QED) is 0.587. The fourth-order valence-corrected chi connectivity index (χ4v) is 3.57. The number of ether oxygens (including phenoxy) is 1. The summed E-state index contributed by atoms with van der Waals surface area (Å²) in [6.07, 6.45) is -4.64. The van der Waals surface area contributed by atoms with Crippen LogP contribution in [-0.2, 0) is 11.0 Å². The van der Waals surface area contributed by atoms with Crippen LogP contribution in [0, 0.1) is 0 Å². The molecule has 30 heavy (non-hydrogen) atoms. The van der Waals surface area contributed by atoms with Crippen LogP contribution in [0.1, 0.15) is 24.1 Å². The Morgan fingerprint density at radius 2 is 1.90 bits per heavy atom. The number of urea groups is 1. The van der Waals surface area contributed by atoms with Gasteiger partial charge in [-0.2, -0.15) is 13.2 Å². The molecule has 0 aliphatic carbocycles. The van der Waals surface area contributed by atoms with Crippen LogP contribution in [0.5, 0.6) is 5.75 Å². The van der Waals surface area contributed by atoms with E-state index >= 15 is 0 Å². The Hall–Kier alpha value is -3.01. The first-order valence-corrected chi connectivity index (χ1v) is 9.50. The number of methoxy groups -OCH3 is 1. The average molecular weight is 484 g/mol. The van der Waals surface area contributed by atoms with Gasteiger partial charge in [0.1, 0.15) is 5.75 Å². The lowest BCUT2D eigenvalue weighted by molar-refractivity contribution is -0.137. The highest BCUT2D eigenvalue weighted by Gasteiger charge is 2.36. The smallest absolute Gasteiger partial charge is 0.418 e. The Bertz CT molecular complexity index is 1040. The van der Waals surface area contributed by atoms with E-state index in [9.17, 15) is 22.8 Å². The van der Waals surface area contributed by atoms with Gasteiger partial charge in [0.25, 0.3) is 5.91 Å². The number of benzene rings is 2. The van der Waals surface area contributed by atoms with Crippen LogP contribution in [0.4, 0.5) is 23.7 Å². The highest BCUT2D eigenvalue weighted by Crippen LogP contribution is 2.37. The van der Waals surface area contributed by atoms with E-state index in [4.69, 9.17) is 4.74 Å². The number of nitrogens with one attached hydrogen (secondary N) is 3. The molecule has 158 valence electrons. The molecule has 1 heterocycles. The molecule has 0 spiro atoms. The van der Waals surface area contributed by atoms with Gasteiger partial charge >= 0.3 is 12.2 Å². The summed E-state index contributed by atoms with van der Waals surface area (Å²) in [4.78, 5) is 25.1. The number of amides is 3. The molecule has 0 saturated heterocycles. The number of para-hydroxylation sites is 1. The van der Waals surface area contributed by atoms with Gasteiger partial charge in [-0.1, -0.05) is 28.1 Å². The second-order valence-corrected chi connectivity index (χ2v) is 7.37. The zero-order valence-electron chi connectivity index (χ0n) is 15.9. The van der Waals surface area contributed by atoms with Gasteiger partial charge in [0.2, 0.25) is 0 Å². The lowest BCUT2D eigenvalue weighted by atomic mass is 9.94. The van der Waals surface area contributed by atoms with E-state index in [2.05, 4.69) is 31.9 Å². The summed E-state index contributed by atoms with van der Waals surface area (Å²) in [6, 6.07) is 8.23. The summed E-state index contributed by atoms with van der Waals surface area (Å²) >= 11 is 3.34. The molecule has 1 aliphatic rings. The highest BCUT2D eigenvalue weighted by atomic mass is 79.9. The normalized spacial score (nSPS) is 16.6. The lowest BCUT2D eigenvalue weighted by Gasteiger charge is -2.30. The predicted octanol–water partition coefficient (Wildman–Crippen LogP) is 4.74. The van der Waals surface area contributed by atoms with Crippen LogP contribution in [-0.4, -0.2) is 19.0 Å². The largest absolute Gasteiger partial charge is 0.496 e. The van der Waals surface area contributed by atoms with Gasteiger partial charge in [-0.3, -0.25) is 4.79 Å². The first-order valence-electron chi connectivity index (χ1n) is 8.71. The second kappa shape index (κ2) is 8.39. The summed E-state index contributed by atoms with van der Waals surface area (Å²) in [7, 11) is 1.44. The SMILES string of the molecule is COc1ccc(Br)cc1[C@@H]1NC(=O)NC(C)=C1C(=O)Nc1ccccc1C(F)(F)F. The molecule has 0 aromatic heterocycles. The van der Waals surface area contributed by atoms with Gasteiger partial charge in [-0.05, 0) is 37.3 Å². The Labute approximate surface area is 178 Å². The van der Waals surface area contributed by atoms with E-state index in [0.717, 1.165) is 6.07 Å². The zero-order valence-corrected chi connectivity index (χ0v) is 17.4. The topological polar surface area (TPSA) is 79.5 Å². The number of hydrogen-bond acceptors (Lipinski definition) is 3. The molecule has 1 atom stereocenters. The predicted molar refractivity (Wildman–Crippen MR) is 108 cm³/mol. The summed E-state index contributed by atoms with van der Waals surface area (Å²) < 4.78 is 45.9. The van der Waals surface area contributed by atoms with Crippen molar-refractivity contribution < 1.29 is 27.5 Å². The maximum absolute atomic E-state index is 13.3. The number of halogens is 4. The Morgan fingerprint density at radius 3 is 2.57 bits per heavy atom. The minimum Gasteiger partial charge on any atom is -0.496 e. The van der Waals surface area contributed by atoms with Crippen molar-refractivity contribution in [3.63, 3.8) is 0 Å². The van der Waals surface area contributed by atoms with Crippen molar-refractivity contribution in [1.29, 1.82) is 0 Å². The number of alkyl halides is 3. The van der Waals surface area contributed by atoms with Gasteiger partial charge < -0.3 is 20.7 Å². The molecule has 0 saturated carbocycles. The number of hydrogen-bond donors (Lipinski definition) is 3.